The van der Waals surface area contributed by atoms with E-state index in [4.69, 9.17) is 9.47 Å². The van der Waals surface area contributed by atoms with Gasteiger partial charge in [0, 0.05) is 48.6 Å². The molecule has 0 radical (unpaired) electrons. The van der Waals surface area contributed by atoms with E-state index in [1.165, 1.54) is 16.4 Å². The summed E-state index contributed by atoms with van der Waals surface area (Å²) in [5.41, 5.74) is 1.75. The summed E-state index contributed by atoms with van der Waals surface area (Å²) in [6.07, 6.45) is 0.875. The minimum Gasteiger partial charge on any atom is -0.454 e. The number of hydrogen-bond acceptors (Lipinski definition) is 6. The fraction of sp³-hybridized carbons (Fsp3) is 0.280. The molecule has 1 N–H and O–H groups in total. The first-order valence-electron chi connectivity index (χ1n) is 11.4. The molecule has 3 aliphatic heterocycles. The predicted molar refractivity (Wildman–Crippen MR) is 127 cm³/mol. The lowest BCUT2D eigenvalue weighted by atomic mass is 9.84. The van der Waals surface area contributed by atoms with Crippen molar-refractivity contribution < 1.29 is 22.7 Å². The summed E-state index contributed by atoms with van der Waals surface area (Å²) in [5.74, 6) is 0.853. The minimum atomic E-state index is -3.72. The number of sulfonamides is 1. The number of carbonyl (C=O) groups is 1. The summed E-state index contributed by atoms with van der Waals surface area (Å²) < 4.78 is 40.7. The van der Waals surface area contributed by atoms with Crippen molar-refractivity contribution >= 4 is 21.6 Å². The van der Waals surface area contributed by atoms with E-state index < -0.39 is 10.0 Å². The molecule has 0 aliphatic carbocycles. The van der Waals surface area contributed by atoms with Crippen LogP contribution in [0.3, 0.4) is 0 Å². The van der Waals surface area contributed by atoms with E-state index in [-0.39, 0.29) is 35.0 Å². The summed E-state index contributed by atoms with van der Waals surface area (Å²) in [6, 6.07) is 16.3. The topological polar surface area (TPSA) is 107 Å². The first-order valence-corrected chi connectivity index (χ1v) is 12.8. The van der Waals surface area contributed by atoms with Crippen molar-refractivity contribution in [1.82, 2.24) is 8.87 Å². The maximum absolute atomic E-state index is 13.4. The average Bonchev–Trinajstić information content (AvgIpc) is 3.33. The van der Waals surface area contributed by atoms with Gasteiger partial charge in [0.2, 0.25) is 16.8 Å². The van der Waals surface area contributed by atoms with Crippen LogP contribution in [-0.2, 0) is 16.6 Å². The summed E-state index contributed by atoms with van der Waals surface area (Å²) in [6.45, 7) is 1.37. The largest absolute Gasteiger partial charge is 0.454 e. The Kier molecular flexibility index (Phi) is 5.15. The number of hydrogen-bond donors (Lipinski definition) is 1. The number of ether oxygens (including phenoxy) is 2. The van der Waals surface area contributed by atoms with Gasteiger partial charge in [-0.15, -0.1) is 0 Å². The first kappa shape index (κ1) is 21.9. The minimum absolute atomic E-state index is 0.00793. The third-order valence-electron chi connectivity index (χ3n) is 6.83. The number of anilines is 1. The number of rotatable bonds is 4. The Balaban J connectivity index is 1.18. The zero-order valence-electron chi connectivity index (χ0n) is 18.7. The fourth-order valence-corrected chi connectivity index (χ4v) is 6.71. The van der Waals surface area contributed by atoms with E-state index in [9.17, 15) is 18.0 Å². The summed E-state index contributed by atoms with van der Waals surface area (Å²) in [4.78, 5) is 25.0. The fourth-order valence-electron chi connectivity index (χ4n) is 5.15. The average molecular weight is 494 g/mol. The molecule has 0 unspecified atom stereocenters. The number of fused-ring (bicyclic) bond motifs is 5. The third kappa shape index (κ3) is 3.88. The number of nitrogens with zero attached hydrogens (tertiary/aromatic N) is 2. The number of carbonyl (C=O) groups excluding carboxylic acids is 1. The molecule has 3 aromatic rings. The highest BCUT2D eigenvalue weighted by Gasteiger charge is 2.39. The Labute approximate surface area is 201 Å². The van der Waals surface area contributed by atoms with E-state index in [0.717, 1.165) is 12.1 Å². The lowest BCUT2D eigenvalue weighted by Gasteiger charge is -2.42. The van der Waals surface area contributed by atoms with Gasteiger partial charge in [-0.2, -0.15) is 4.31 Å². The van der Waals surface area contributed by atoms with Gasteiger partial charge in [0.15, 0.2) is 11.5 Å². The van der Waals surface area contributed by atoms with Gasteiger partial charge in [-0.3, -0.25) is 9.59 Å². The SMILES string of the molecule is O=C(Nc1ccc(S(=O)(=O)N2C[C@@H]3C[C@H](C2)c2cccc(=O)n2C3)cc1)c1ccc2c(c1)OCO2. The van der Waals surface area contributed by atoms with Crippen molar-refractivity contribution in [1.29, 1.82) is 0 Å². The number of benzene rings is 2. The maximum Gasteiger partial charge on any atom is 0.255 e. The smallest absolute Gasteiger partial charge is 0.255 e. The second-order valence-corrected chi connectivity index (χ2v) is 11.0. The molecular formula is C25H23N3O6S. The molecule has 3 aliphatic rings. The Morgan fingerprint density at radius 2 is 1.74 bits per heavy atom. The van der Waals surface area contributed by atoms with Gasteiger partial charge in [-0.25, -0.2) is 8.42 Å². The van der Waals surface area contributed by atoms with Crippen molar-refractivity contribution in [2.24, 2.45) is 5.92 Å². The normalized spacial score (nSPS) is 20.8. The van der Waals surface area contributed by atoms with Crippen LogP contribution in [0.2, 0.25) is 0 Å². The van der Waals surface area contributed by atoms with Gasteiger partial charge in [-0.1, -0.05) is 6.07 Å². The van der Waals surface area contributed by atoms with Crippen molar-refractivity contribution in [3.63, 3.8) is 0 Å². The first-order chi connectivity index (χ1) is 16.9. The molecule has 6 rings (SSSR count). The van der Waals surface area contributed by atoms with Gasteiger partial charge in [0.1, 0.15) is 0 Å². The van der Waals surface area contributed by atoms with E-state index in [2.05, 4.69) is 5.32 Å². The van der Waals surface area contributed by atoms with E-state index in [1.807, 2.05) is 6.07 Å². The van der Waals surface area contributed by atoms with Crippen molar-refractivity contribution in [2.75, 3.05) is 25.2 Å². The van der Waals surface area contributed by atoms with Crippen LogP contribution in [0.15, 0.2) is 70.4 Å². The van der Waals surface area contributed by atoms with Crippen molar-refractivity contribution in [3.05, 3.63) is 82.3 Å². The zero-order chi connectivity index (χ0) is 24.2. The highest BCUT2D eigenvalue weighted by molar-refractivity contribution is 7.89. The van der Waals surface area contributed by atoms with Gasteiger partial charge in [0.05, 0.1) is 4.90 Å². The Hall–Kier alpha value is -3.63. The predicted octanol–water partition coefficient (Wildman–Crippen LogP) is 2.64. The molecule has 0 spiro atoms. The Bertz CT molecular complexity index is 1480. The van der Waals surface area contributed by atoms with Crippen LogP contribution in [-0.4, -0.2) is 43.1 Å². The van der Waals surface area contributed by atoms with Gasteiger partial charge in [-0.05, 0) is 60.9 Å². The number of nitrogens with one attached hydrogen (secondary N) is 1. The molecule has 2 bridgehead atoms. The van der Waals surface area contributed by atoms with Crippen LogP contribution >= 0.6 is 0 Å². The molecule has 4 heterocycles. The van der Waals surface area contributed by atoms with Gasteiger partial charge in [0.25, 0.3) is 11.5 Å². The van der Waals surface area contributed by atoms with Crippen molar-refractivity contribution in [3.8, 4) is 11.5 Å². The number of amides is 1. The highest BCUT2D eigenvalue weighted by atomic mass is 32.2. The molecule has 9 nitrogen and oxygen atoms in total. The Morgan fingerprint density at radius 3 is 2.57 bits per heavy atom. The molecule has 2 atom stereocenters. The molecule has 1 fully saturated rings. The van der Waals surface area contributed by atoms with Crippen LogP contribution in [0.1, 0.15) is 28.4 Å². The van der Waals surface area contributed by atoms with Crippen LogP contribution in [0.25, 0.3) is 0 Å². The molecule has 1 amide bonds. The van der Waals surface area contributed by atoms with Gasteiger partial charge < -0.3 is 19.4 Å². The van der Waals surface area contributed by atoms with Crippen LogP contribution < -0.4 is 20.3 Å². The summed E-state index contributed by atoms with van der Waals surface area (Å²) in [7, 11) is -3.72. The van der Waals surface area contributed by atoms with E-state index in [1.54, 1.807) is 47.0 Å². The van der Waals surface area contributed by atoms with Crippen LogP contribution in [0.4, 0.5) is 5.69 Å². The monoisotopic (exact) mass is 493 g/mol. The molecule has 35 heavy (non-hydrogen) atoms. The highest BCUT2D eigenvalue weighted by Crippen LogP contribution is 2.37. The molecule has 1 saturated heterocycles. The molecule has 2 aromatic carbocycles. The van der Waals surface area contributed by atoms with E-state index >= 15 is 0 Å². The zero-order valence-corrected chi connectivity index (χ0v) is 19.5. The number of aromatic nitrogens is 1. The van der Waals surface area contributed by atoms with E-state index in [0.29, 0.717) is 42.4 Å². The van der Waals surface area contributed by atoms with Gasteiger partial charge >= 0.3 is 0 Å². The second-order valence-electron chi connectivity index (χ2n) is 9.07. The number of piperidine rings is 1. The lowest BCUT2D eigenvalue weighted by molar-refractivity contribution is 0.102. The summed E-state index contributed by atoms with van der Waals surface area (Å²) >= 11 is 0. The molecular weight excluding hydrogens is 470 g/mol. The quantitative estimate of drug-likeness (QED) is 0.599. The van der Waals surface area contributed by atoms with Crippen molar-refractivity contribution in [2.45, 2.75) is 23.8 Å². The second kappa shape index (κ2) is 8.24. The maximum atomic E-state index is 13.4. The summed E-state index contributed by atoms with van der Waals surface area (Å²) in [5, 5.41) is 2.78. The van der Waals surface area contributed by atoms with Crippen LogP contribution in [0, 0.1) is 5.92 Å². The van der Waals surface area contributed by atoms with Crippen LogP contribution in [0.5, 0.6) is 11.5 Å². The molecule has 180 valence electrons. The molecule has 0 saturated carbocycles. The molecule has 10 heteroatoms. The third-order valence-corrected chi connectivity index (χ3v) is 8.68. The lowest BCUT2D eigenvalue weighted by Crippen LogP contribution is -2.48. The number of pyridine rings is 1. The molecule has 1 aromatic heterocycles. The standard InChI is InChI=1S/C25H23N3O6S/c29-24-3-1-2-21-18-10-16(13-28(21)24)12-27(14-18)35(31,32)20-7-5-19(6-8-20)26-25(30)17-4-9-22-23(11-17)34-15-33-22/h1-9,11,16,18H,10,12-15H2,(H,26,30)/t16-,18+/m0/s1. The Morgan fingerprint density at radius 1 is 0.943 bits per heavy atom.